The predicted octanol–water partition coefficient (Wildman–Crippen LogP) is 3.08. The van der Waals surface area contributed by atoms with Gasteiger partial charge in [0.1, 0.15) is 5.60 Å². The maximum Gasteiger partial charge on any atom is 0.352 e. The Labute approximate surface area is 140 Å². The molecule has 1 heterocycles. The quantitative estimate of drug-likeness (QED) is 0.867. The summed E-state index contributed by atoms with van der Waals surface area (Å²) in [7, 11) is 0. The first-order valence-corrected chi connectivity index (χ1v) is 8.55. The van der Waals surface area contributed by atoms with Gasteiger partial charge in [0.05, 0.1) is 0 Å². The van der Waals surface area contributed by atoms with Gasteiger partial charge in [-0.15, -0.1) is 0 Å². The number of anilines is 1. The average Bonchev–Trinajstić information content (AvgIpc) is 3.00. The molecule has 4 nitrogen and oxygen atoms in total. The van der Waals surface area contributed by atoms with Crippen LogP contribution in [0.15, 0.2) is 18.2 Å². The molecule has 0 radical (unpaired) electrons. The lowest BCUT2D eigenvalue weighted by Gasteiger charge is -2.41. The molecular formula is C18H24F2N2O2. The SMILES string of the molecule is Cc1ccc(CN2CCCC2)cc1NC(=O)C(F)(F)C1(O)CCC1. The number of halogens is 2. The standard InChI is InChI=1S/C18H24F2N2O2/c1-13-5-6-14(12-22-9-2-3-10-22)11-15(13)21-16(23)18(19,20)17(24)7-4-8-17/h5-6,11,24H,2-4,7-10,12H2,1H3,(H,21,23). The van der Waals surface area contributed by atoms with E-state index in [0.29, 0.717) is 12.1 Å². The van der Waals surface area contributed by atoms with E-state index in [1.54, 1.807) is 13.0 Å². The second kappa shape index (κ2) is 6.41. The second-order valence-corrected chi connectivity index (χ2v) is 7.05. The third-order valence-electron chi connectivity index (χ3n) is 5.21. The minimum atomic E-state index is -3.78. The fraction of sp³-hybridized carbons (Fsp3) is 0.611. The summed E-state index contributed by atoms with van der Waals surface area (Å²) in [6, 6.07) is 5.55. The average molecular weight is 338 g/mol. The monoisotopic (exact) mass is 338 g/mol. The van der Waals surface area contributed by atoms with E-state index in [1.807, 2.05) is 12.1 Å². The van der Waals surface area contributed by atoms with E-state index in [0.717, 1.165) is 30.8 Å². The van der Waals surface area contributed by atoms with Gasteiger partial charge in [0.2, 0.25) is 0 Å². The van der Waals surface area contributed by atoms with Gasteiger partial charge in [-0.2, -0.15) is 8.78 Å². The molecule has 1 aromatic rings. The van der Waals surface area contributed by atoms with E-state index < -0.39 is 17.4 Å². The van der Waals surface area contributed by atoms with Gasteiger partial charge in [0.15, 0.2) is 0 Å². The highest BCUT2D eigenvalue weighted by Gasteiger charge is 2.61. The van der Waals surface area contributed by atoms with Crippen LogP contribution in [0.1, 0.15) is 43.2 Å². The number of amides is 1. The number of carbonyl (C=O) groups excluding carboxylic acids is 1. The number of aliphatic hydroxyl groups is 1. The zero-order chi connectivity index (χ0) is 17.4. The summed E-state index contributed by atoms with van der Waals surface area (Å²) in [5, 5.41) is 12.2. The maximum atomic E-state index is 14.2. The molecule has 3 rings (SSSR count). The molecule has 1 aromatic carbocycles. The predicted molar refractivity (Wildman–Crippen MR) is 88.1 cm³/mol. The first kappa shape index (κ1) is 17.3. The lowest BCUT2D eigenvalue weighted by Crippen LogP contribution is -2.59. The Balaban J connectivity index is 1.72. The third kappa shape index (κ3) is 3.17. The first-order chi connectivity index (χ1) is 11.3. The Morgan fingerprint density at radius 3 is 2.54 bits per heavy atom. The summed E-state index contributed by atoms with van der Waals surface area (Å²) < 4.78 is 28.4. The zero-order valence-electron chi connectivity index (χ0n) is 13.9. The molecule has 2 fully saturated rings. The maximum absolute atomic E-state index is 14.2. The molecule has 24 heavy (non-hydrogen) atoms. The van der Waals surface area contributed by atoms with Gasteiger partial charge in [-0.25, -0.2) is 0 Å². The Hall–Kier alpha value is -1.53. The summed E-state index contributed by atoms with van der Waals surface area (Å²) in [6.45, 7) is 4.61. The van der Waals surface area contributed by atoms with Gasteiger partial charge in [-0.05, 0) is 69.3 Å². The van der Waals surface area contributed by atoms with E-state index in [9.17, 15) is 18.7 Å². The van der Waals surface area contributed by atoms with E-state index in [4.69, 9.17) is 0 Å². The largest absolute Gasteiger partial charge is 0.383 e. The molecular weight excluding hydrogens is 314 g/mol. The number of alkyl halides is 2. The van der Waals surface area contributed by atoms with Crippen LogP contribution in [0.2, 0.25) is 0 Å². The summed E-state index contributed by atoms with van der Waals surface area (Å²) in [5.41, 5.74) is -0.0919. The number of benzene rings is 1. The number of hydrogen-bond acceptors (Lipinski definition) is 3. The summed E-state index contributed by atoms with van der Waals surface area (Å²) in [5.74, 6) is -5.20. The van der Waals surface area contributed by atoms with Gasteiger partial charge in [0.25, 0.3) is 5.91 Å². The summed E-state index contributed by atoms with van der Waals surface area (Å²) in [4.78, 5) is 14.4. The van der Waals surface area contributed by atoms with Gasteiger partial charge in [-0.1, -0.05) is 12.1 Å². The van der Waals surface area contributed by atoms with Crippen LogP contribution in [-0.2, 0) is 11.3 Å². The molecule has 0 aromatic heterocycles. The molecule has 6 heteroatoms. The minimum absolute atomic E-state index is 0.0403. The summed E-state index contributed by atoms with van der Waals surface area (Å²) in [6.07, 6.45) is 2.80. The normalized spacial score (nSPS) is 20.7. The summed E-state index contributed by atoms with van der Waals surface area (Å²) >= 11 is 0. The second-order valence-electron chi connectivity index (χ2n) is 7.05. The number of aryl methyl sites for hydroxylation is 1. The topological polar surface area (TPSA) is 52.6 Å². The number of hydrogen-bond donors (Lipinski definition) is 2. The highest BCUT2D eigenvalue weighted by Crippen LogP contribution is 2.44. The third-order valence-corrected chi connectivity index (χ3v) is 5.21. The highest BCUT2D eigenvalue weighted by atomic mass is 19.3. The molecule has 0 unspecified atom stereocenters. The number of nitrogens with zero attached hydrogens (tertiary/aromatic N) is 1. The van der Waals surface area contributed by atoms with E-state index in [1.165, 1.54) is 12.8 Å². The van der Waals surface area contributed by atoms with Crippen molar-refractivity contribution in [3.8, 4) is 0 Å². The van der Waals surface area contributed by atoms with Gasteiger partial charge < -0.3 is 10.4 Å². The Kier molecular flexibility index (Phi) is 4.62. The Morgan fingerprint density at radius 1 is 1.29 bits per heavy atom. The molecule has 0 atom stereocenters. The van der Waals surface area contributed by atoms with Crippen molar-refractivity contribution in [2.75, 3.05) is 18.4 Å². The van der Waals surface area contributed by atoms with Crippen LogP contribution in [0, 0.1) is 6.92 Å². The molecule has 1 saturated carbocycles. The van der Waals surface area contributed by atoms with Crippen molar-refractivity contribution < 1.29 is 18.7 Å². The van der Waals surface area contributed by atoms with Crippen molar-refractivity contribution >= 4 is 11.6 Å². The lowest BCUT2D eigenvalue weighted by atomic mass is 9.75. The van der Waals surface area contributed by atoms with Gasteiger partial charge >= 0.3 is 5.92 Å². The number of rotatable bonds is 5. The fourth-order valence-corrected chi connectivity index (χ4v) is 3.34. The van der Waals surface area contributed by atoms with Crippen molar-refractivity contribution in [1.82, 2.24) is 4.90 Å². The lowest BCUT2D eigenvalue weighted by molar-refractivity contribution is -0.212. The highest BCUT2D eigenvalue weighted by molar-refractivity contribution is 5.97. The number of likely N-dealkylation sites (tertiary alicyclic amines) is 1. The number of carbonyl (C=O) groups is 1. The van der Waals surface area contributed by atoms with Crippen LogP contribution < -0.4 is 5.32 Å². The molecule has 1 aliphatic carbocycles. The van der Waals surface area contributed by atoms with E-state index >= 15 is 0 Å². The first-order valence-electron chi connectivity index (χ1n) is 8.55. The van der Waals surface area contributed by atoms with Crippen LogP contribution in [0.25, 0.3) is 0 Å². The Morgan fingerprint density at radius 2 is 1.96 bits per heavy atom. The van der Waals surface area contributed by atoms with Crippen LogP contribution in [0.3, 0.4) is 0 Å². The molecule has 1 saturated heterocycles. The van der Waals surface area contributed by atoms with E-state index in [2.05, 4.69) is 10.2 Å². The van der Waals surface area contributed by atoms with Crippen molar-refractivity contribution in [3.63, 3.8) is 0 Å². The smallest absolute Gasteiger partial charge is 0.352 e. The molecule has 1 aliphatic heterocycles. The molecule has 1 amide bonds. The zero-order valence-corrected chi connectivity index (χ0v) is 13.9. The van der Waals surface area contributed by atoms with Gasteiger partial charge in [0, 0.05) is 12.2 Å². The fourth-order valence-electron chi connectivity index (χ4n) is 3.34. The molecule has 0 spiro atoms. The van der Waals surface area contributed by atoms with Crippen LogP contribution >= 0.6 is 0 Å². The van der Waals surface area contributed by atoms with Crippen LogP contribution in [0.5, 0.6) is 0 Å². The molecule has 0 bridgehead atoms. The van der Waals surface area contributed by atoms with E-state index in [-0.39, 0.29) is 12.8 Å². The van der Waals surface area contributed by atoms with Crippen LogP contribution in [0.4, 0.5) is 14.5 Å². The van der Waals surface area contributed by atoms with Crippen molar-refractivity contribution in [2.45, 2.75) is 57.1 Å². The molecule has 132 valence electrons. The number of nitrogens with one attached hydrogen (secondary N) is 1. The van der Waals surface area contributed by atoms with Gasteiger partial charge in [-0.3, -0.25) is 9.69 Å². The van der Waals surface area contributed by atoms with Crippen LogP contribution in [-0.4, -0.2) is 40.5 Å². The van der Waals surface area contributed by atoms with Crippen molar-refractivity contribution in [1.29, 1.82) is 0 Å². The Bertz CT molecular complexity index is 623. The van der Waals surface area contributed by atoms with Crippen molar-refractivity contribution in [2.24, 2.45) is 0 Å². The van der Waals surface area contributed by atoms with Crippen molar-refractivity contribution in [3.05, 3.63) is 29.3 Å². The molecule has 2 aliphatic rings. The minimum Gasteiger partial charge on any atom is -0.383 e. The molecule has 2 N–H and O–H groups in total.